The van der Waals surface area contributed by atoms with Crippen LogP contribution in [0.25, 0.3) is 28.1 Å². The number of aromatic nitrogens is 4. The number of hydrogen-bond donors (Lipinski definition) is 1. The first-order valence-corrected chi connectivity index (χ1v) is 10.8. The molecular weight excluding hydrogens is 461 g/mol. The van der Waals surface area contributed by atoms with Crippen LogP contribution in [0.3, 0.4) is 0 Å². The normalized spacial score (nSPS) is 14.5. The molecule has 170 valence electrons. The van der Waals surface area contributed by atoms with E-state index in [-0.39, 0.29) is 17.3 Å². The molecule has 33 heavy (non-hydrogen) atoms. The Hall–Kier alpha value is -3.76. The maximum atomic E-state index is 12.8. The smallest absolute Gasteiger partial charge is 0.404 e. The summed E-state index contributed by atoms with van der Waals surface area (Å²) < 4.78 is 71.3. The van der Waals surface area contributed by atoms with Crippen molar-refractivity contribution in [2.24, 2.45) is 0 Å². The molecule has 1 atom stereocenters. The molecule has 0 fully saturated rings. The number of halogens is 3. The fraction of sp³-hybridized carbons (Fsp3) is 0.200. The van der Waals surface area contributed by atoms with Gasteiger partial charge in [0, 0.05) is 18.1 Å². The Morgan fingerprint density at radius 3 is 2.48 bits per heavy atom. The van der Waals surface area contributed by atoms with Crippen LogP contribution in [0.2, 0.25) is 0 Å². The van der Waals surface area contributed by atoms with Gasteiger partial charge in [0.05, 0.1) is 29.4 Å². The molecule has 1 aliphatic rings. The van der Waals surface area contributed by atoms with Gasteiger partial charge in [0.25, 0.3) is 0 Å². The van der Waals surface area contributed by atoms with Gasteiger partial charge in [0.15, 0.2) is 5.65 Å². The highest BCUT2D eigenvalue weighted by molar-refractivity contribution is 7.89. The lowest BCUT2D eigenvalue weighted by atomic mass is 10.1. The number of pyridine rings is 1. The van der Waals surface area contributed by atoms with E-state index in [2.05, 4.69) is 21.0 Å². The van der Waals surface area contributed by atoms with Gasteiger partial charge in [0.2, 0.25) is 10.0 Å². The van der Waals surface area contributed by atoms with Crippen molar-refractivity contribution >= 4 is 26.8 Å². The van der Waals surface area contributed by atoms with E-state index >= 15 is 0 Å². The van der Waals surface area contributed by atoms with Gasteiger partial charge in [-0.2, -0.15) is 28.1 Å². The fourth-order valence-corrected chi connectivity index (χ4v) is 4.31. The maximum absolute atomic E-state index is 12.8. The highest BCUT2D eigenvalue weighted by atomic mass is 32.2. The molecule has 4 rings (SSSR count). The summed E-state index contributed by atoms with van der Waals surface area (Å²) in [4.78, 5) is 12.0. The lowest BCUT2D eigenvalue weighted by molar-refractivity contribution is -0.147. The number of rotatable bonds is 6. The summed E-state index contributed by atoms with van der Waals surface area (Å²) in [5.74, 6) is 0. The molecule has 0 amide bonds. The molecule has 0 radical (unpaired) electrons. The number of hydrogen-bond acceptors (Lipinski definition) is 7. The van der Waals surface area contributed by atoms with E-state index in [1.807, 2.05) is 0 Å². The summed E-state index contributed by atoms with van der Waals surface area (Å²) in [7, 11) is -3.08. The van der Waals surface area contributed by atoms with E-state index in [1.54, 1.807) is 27.5 Å². The van der Waals surface area contributed by atoms with E-state index in [0.717, 1.165) is 12.3 Å². The van der Waals surface area contributed by atoms with Crippen LogP contribution in [0.1, 0.15) is 12.5 Å². The zero-order chi connectivity index (χ0) is 24.0. The third-order valence-corrected chi connectivity index (χ3v) is 6.41. The minimum absolute atomic E-state index is 0.0838. The maximum Gasteiger partial charge on any atom is 0.404 e. The molecule has 9 nitrogen and oxygen atoms in total. The average molecular weight is 476 g/mol. The number of nitrogens with one attached hydrogen (secondary N) is 1. The van der Waals surface area contributed by atoms with Gasteiger partial charge in [-0.3, -0.25) is 9.55 Å². The predicted molar refractivity (Wildman–Crippen MR) is 111 cm³/mol. The van der Waals surface area contributed by atoms with E-state index in [0.29, 0.717) is 29.3 Å². The minimum Gasteiger partial charge on any atom is -0.467 e. The topological polar surface area (TPSA) is 123 Å². The van der Waals surface area contributed by atoms with Crippen LogP contribution in [0.15, 0.2) is 47.6 Å². The Labute approximate surface area is 185 Å². The molecule has 0 aliphatic heterocycles. The number of allylic oxidation sites excluding steroid dienone is 4. The number of nitrogens with zero attached hydrogens (tertiary/aromatic N) is 5. The van der Waals surface area contributed by atoms with Crippen molar-refractivity contribution in [2.75, 3.05) is 7.11 Å². The number of methoxy groups -OCH3 is 1. The van der Waals surface area contributed by atoms with Gasteiger partial charge in [-0.05, 0) is 31.2 Å². The van der Waals surface area contributed by atoms with Gasteiger partial charge < -0.3 is 4.74 Å². The molecule has 0 saturated carbocycles. The number of fused-ring (bicyclic) bond motifs is 1. The second-order valence-electron chi connectivity index (χ2n) is 6.98. The van der Waals surface area contributed by atoms with Gasteiger partial charge in [-0.1, -0.05) is 6.08 Å². The number of nitriles is 1. The standard InChI is InChI=1S/C20H15F3N6O3S/c1-11(20(21,22)23)28-33(30,31)13-6-7-16(25-9-13)17-14(8-24)15-10-26-19(32-2)27-18(15)29(17)12-4-3-5-12/h3-7,9-11,28H,1-2H3/t11-/m0/s1. The summed E-state index contributed by atoms with van der Waals surface area (Å²) >= 11 is 0. The first-order chi connectivity index (χ1) is 15.6. The van der Waals surface area contributed by atoms with Crippen LogP contribution >= 0.6 is 0 Å². The van der Waals surface area contributed by atoms with Gasteiger partial charge in [-0.15, -0.1) is 0 Å². The summed E-state index contributed by atoms with van der Waals surface area (Å²) in [5, 5.41) is 10.2. The van der Waals surface area contributed by atoms with Crippen LogP contribution in [-0.2, 0) is 10.0 Å². The van der Waals surface area contributed by atoms with Crippen LogP contribution in [-0.4, -0.2) is 47.3 Å². The van der Waals surface area contributed by atoms with Crippen LogP contribution in [0.4, 0.5) is 13.2 Å². The van der Waals surface area contributed by atoms with Crippen molar-refractivity contribution in [1.82, 2.24) is 24.2 Å². The SMILES string of the molecule is COc1ncc2c(C#N)c(-c3ccc(S(=O)(=O)N[C@@H](C)C(F)(F)F)cn3)n(C3=CC=C3)c2n1. The summed E-state index contributed by atoms with van der Waals surface area (Å²) in [5.41, 5.74) is 1.80. The van der Waals surface area contributed by atoms with Crippen molar-refractivity contribution in [3.63, 3.8) is 0 Å². The predicted octanol–water partition coefficient (Wildman–Crippen LogP) is 3.01. The molecule has 13 heteroatoms. The first-order valence-electron chi connectivity index (χ1n) is 9.36. The van der Waals surface area contributed by atoms with Crippen LogP contribution in [0.5, 0.6) is 6.01 Å². The third-order valence-electron chi connectivity index (χ3n) is 4.89. The van der Waals surface area contributed by atoms with E-state index < -0.39 is 27.1 Å². The second-order valence-corrected chi connectivity index (χ2v) is 8.69. The number of sulfonamides is 1. The molecule has 0 saturated heterocycles. The lowest BCUT2D eigenvalue weighted by Gasteiger charge is -2.17. The molecule has 3 aromatic rings. The highest BCUT2D eigenvalue weighted by Gasteiger charge is 2.39. The molecule has 3 heterocycles. The molecular formula is C20H15F3N6O3S. The third kappa shape index (κ3) is 3.94. The van der Waals surface area contributed by atoms with Crippen molar-refractivity contribution in [3.05, 3.63) is 48.3 Å². The van der Waals surface area contributed by atoms with E-state index in [1.165, 1.54) is 19.4 Å². The Morgan fingerprint density at radius 1 is 1.24 bits per heavy atom. The van der Waals surface area contributed by atoms with Crippen LogP contribution in [0, 0.1) is 11.3 Å². The van der Waals surface area contributed by atoms with Crippen molar-refractivity contribution < 1.29 is 26.3 Å². The molecule has 1 aliphatic carbocycles. The quantitative estimate of drug-likeness (QED) is 0.580. The Balaban J connectivity index is 1.82. The van der Waals surface area contributed by atoms with Crippen molar-refractivity contribution in [2.45, 2.75) is 24.0 Å². The monoisotopic (exact) mass is 476 g/mol. The van der Waals surface area contributed by atoms with Crippen molar-refractivity contribution in [3.8, 4) is 23.5 Å². The molecule has 0 spiro atoms. The Morgan fingerprint density at radius 2 is 1.97 bits per heavy atom. The molecule has 0 aromatic carbocycles. The second kappa shape index (κ2) is 7.98. The largest absolute Gasteiger partial charge is 0.467 e. The Bertz CT molecular complexity index is 1450. The van der Waals surface area contributed by atoms with Gasteiger partial charge in [0.1, 0.15) is 17.0 Å². The van der Waals surface area contributed by atoms with Gasteiger partial charge >= 0.3 is 12.2 Å². The minimum atomic E-state index is -4.74. The van der Waals surface area contributed by atoms with E-state index in [4.69, 9.17) is 4.74 Å². The Kier molecular flexibility index (Phi) is 5.43. The molecule has 1 N–H and O–H groups in total. The fourth-order valence-electron chi connectivity index (χ4n) is 3.13. The molecule has 3 aromatic heterocycles. The number of ether oxygens (including phenoxy) is 1. The van der Waals surface area contributed by atoms with E-state index in [9.17, 15) is 26.9 Å². The summed E-state index contributed by atoms with van der Waals surface area (Å²) in [6.45, 7) is 0.701. The van der Waals surface area contributed by atoms with Crippen molar-refractivity contribution in [1.29, 1.82) is 5.26 Å². The lowest BCUT2D eigenvalue weighted by Crippen LogP contribution is -2.42. The molecule has 0 unspecified atom stereocenters. The molecule has 0 bridgehead atoms. The first kappa shape index (κ1) is 22.4. The van der Waals surface area contributed by atoms with Crippen LogP contribution < -0.4 is 9.46 Å². The number of alkyl halides is 3. The average Bonchev–Trinajstić information content (AvgIpc) is 3.04. The van der Waals surface area contributed by atoms with Gasteiger partial charge in [-0.25, -0.2) is 13.4 Å². The highest BCUT2D eigenvalue weighted by Crippen LogP contribution is 2.36. The zero-order valence-electron chi connectivity index (χ0n) is 17.1. The summed E-state index contributed by atoms with van der Waals surface area (Å²) in [6.07, 6.45) is 2.96. The zero-order valence-corrected chi connectivity index (χ0v) is 17.9. The summed E-state index contributed by atoms with van der Waals surface area (Å²) in [6, 6.07) is 2.33.